The number of alkyl halides is 2. The summed E-state index contributed by atoms with van der Waals surface area (Å²) in [6.07, 6.45) is -2.01. The summed E-state index contributed by atoms with van der Waals surface area (Å²) in [7, 11) is 0. The third-order valence-corrected chi connectivity index (χ3v) is 3.09. The van der Waals surface area contributed by atoms with Crippen LogP contribution in [0.3, 0.4) is 0 Å². The van der Waals surface area contributed by atoms with Crippen LogP contribution in [0.15, 0.2) is 24.3 Å². The Morgan fingerprint density at radius 2 is 1.94 bits per heavy atom. The molecule has 0 unspecified atom stereocenters. The Kier molecular flexibility index (Phi) is 3.41. The first kappa shape index (κ1) is 12.0. The van der Waals surface area contributed by atoms with E-state index in [0.717, 1.165) is 11.1 Å². The van der Waals surface area contributed by atoms with Gasteiger partial charge in [0.2, 0.25) is 12.3 Å². The van der Waals surface area contributed by atoms with Crippen LogP contribution < -0.4 is 0 Å². The number of aryl methyl sites for hydroxylation is 1. The highest BCUT2D eigenvalue weighted by Gasteiger charge is 2.36. The Hall–Kier alpha value is -1.45. The molecule has 1 aromatic carbocycles. The molecule has 0 aliphatic carbocycles. The summed E-state index contributed by atoms with van der Waals surface area (Å²) in [5, 5.41) is 0. The highest BCUT2D eigenvalue weighted by molar-refractivity contribution is 5.79. The molecule has 1 fully saturated rings. The molecule has 0 atom stereocenters. The molecule has 1 aliphatic heterocycles. The van der Waals surface area contributed by atoms with Crippen LogP contribution in [-0.2, 0) is 11.2 Å². The van der Waals surface area contributed by atoms with Crippen molar-refractivity contribution in [3.8, 4) is 0 Å². The van der Waals surface area contributed by atoms with Gasteiger partial charge in [0.15, 0.2) is 0 Å². The molecule has 4 heteroatoms. The van der Waals surface area contributed by atoms with Gasteiger partial charge in [-0.05, 0) is 12.5 Å². The molecule has 1 saturated heterocycles. The van der Waals surface area contributed by atoms with E-state index in [1.807, 2.05) is 31.2 Å². The van der Waals surface area contributed by atoms with E-state index in [1.54, 1.807) is 0 Å². The smallest absolute Gasteiger partial charge is 0.244 e. The third-order valence-electron chi connectivity index (χ3n) is 3.09. The van der Waals surface area contributed by atoms with Crippen LogP contribution >= 0.6 is 0 Å². The fourth-order valence-corrected chi connectivity index (χ4v) is 1.87. The molecule has 0 radical (unpaired) electrons. The van der Waals surface area contributed by atoms with Crippen molar-refractivity contribution in [1.82, 2.24) is 4.90 Å². The van der Waals surface area contributed by atoms with E-state index in [9.17, 15) is 13.6 Å². The molecule has 0 bridgehead atoms. The molecule has 2 nitrogen and oxygen atoms in total. The number of amides is 1. The van der Waals surface area contributed by atoms with Crippen LogP contribution in [0, 0.1) is 12.8 Å². The Morgan fingerprint density at radius 1 is 1.35 bits per heavy atom. The molecule has 0 spiro atoms. The van der Waals surface area contributed by atoms with Crippen LogP contribution in [0.5, 0.6) is 0 Å². The first-order chi connectivity index (χ1) is 8.06. The van der Waals surface area contributed by atoms with Gasteiger partial charge in [0.25, 0.3) is 0 Å². The summed E-state index contributed by atoms with van der Waals surface area (Å²) in [5.74, 6) is -0.692. The summed E-state index contributed by atoms with van der Waals surface area (Å²) in [6, 6.07) is 7.69. The van der Waals surface area contributed by atoms with E-state index in [0.29, 0.717) is 6.42 Å². The van der Waals surface area contributed by atoms with Crippen molar-refractivity contribution in [3.63, 3.8) is 0 Å². The molecule has 17 heavy (non-hydrogen) atoms. The zero-order valence-corrected chi connectivity index (χ0v) is 9.70. The average Bonchev–Trinajstić information content (AvgIpc) is 2.18. The maximum atomic E-state index is 12.3. The zero-order chi connectivity index (χ0) is 12.4. The van der Waals surface area contributed by atoms with Crippen LogP contribution in [-0.4, -0.2) is 30.3 Å². The minimum atomic E-state index is -2.31. The molecule has 0 saturated carbocycles. The summed E-state index contributed by atoms with van der Waals surface area (Å²) < 4.78 is 24.5. The Bertz CT molecular complexity index is 396. The molecule has 1 aromatic rings. The maximum Gasteiger partial charge on any atom is 0.244 e. The zero-order valence-electron chi connectivity index (χ0n) is 9.70. The lowest BCUT2D eigenvalue weighted by Gasteiger charge is -2.38. The predicted octanol–water partition coefficient (Wildman–Crippen LogP) is 2.26. The molecule has 92 valence electrons. The van der Waals surface area contributed by atoms with Gasteiger partial charge in [0.05, 0.1) is 12.3 Å². The lowest BCUT2D eigenvalue weighted by Crippen LogP contribution is -2.53. The van der Waals surface area contributed by atoms with E-state index in [1.165, 1.54) is 4.90 Å². The second-order valence-electron chi connectivity index (χ2n) is 4.56. The van der Waals surface area contributed by atoms with Crippen LogP contribution in [0.4, 0.5) is 8.78 Å². The monoisotopic (exact) mass is 239 g/mol. The van der Waals surface area contributed by atoms with Gasteiger partial charge in [-0.15, -0.1) is 0 Å². The van der Waals surface area contributed by atoms with Gasteiger partial charge in [0.1, 0.15) is 0 Å². The van der Waals surface area contributed by atoms with Crippen LogP contribution in [0.2, 0.25) is 0 Å². The molecule has 0 aromatic heterocycles. The van der Waals surface area contributed by atoms with E-state index in [2.05, 4.69) is 0 Å². The van der Waals surface area contributed by atoms with Gasteiger partial charge in [-0.25, -0.2) is 8.78 Å². The molecule has 1 aliphatic rings. The molecule has 1 heterocycles. The molecule has 2 rings (SSSR count). The first-order valence-electron chi connectivity index (χ1n) is 5.67. The van der Waals surface area contributed by atoms with Crippen LogP contribution in [0.1, 0.15) is 11.1 Å². The number of hydrogen-bond acceptors (Lipinski definition) is 1. The fourth-order valence-electron chi connectivity index (χ4n) is 1.87. The topological polar surface area (TPSA) is 20.3 Å². The van der Waals surface area contributed by atoms with Gasteiger partial charge in [0, 0.05) is 13.1 Å². The number of nitrogens with zero attached hydrogens (tertiary/aromatic N) is 1. The van der Waals surface area contributed by atoms with E-state index in [4.69, 9.17) is 0 Å². The van der Waals surface area contributed by atoms with Crippen molar-refractivity contribution in [3.05, 3.63) is 35.4 Å². The summed E-state index contributed by atoms with van der Waals surface area (Å²) in [6.45, 7) is 2.37. The van der Waals surface area contributed by atoms with E-state index >= 15 is 0 Å². The Balaban J connectivity index is 1.85. The van der Waals surface area contributed by atoms with Gasteiger partial charge in [-0.1, -0.05) is 29.8 Å². The standard InChI is InChI=1S/C13H15F2NO/c1-9-2-4-10(5-3-9)6-12(17)16-7-11(8-16)13(14)15/h2-5,11,13H,6-8H2,1H3. The Morgan fingerprint density at radius 3 is 2.47 bits per heavy atom. The predicted molar refractivity (Wildman–Crippen MR) is 61.0 cm³/mol. The van der Waals surface area contributed by atoms with Crippen LogP contribution in [0.25, 0.3) is 0 Å². The SMILES string of the molecule is Cc1ccc(CC(=O)N2CC(C(F)F)C2)cc1. The minimum Gasteiger partial charge on any atom is -0.341 e. The van der Waals surface area contributed by atoms with Gasteiger partial charge < -0.3 is 4.90 Å². The first-order valence-corrected chi connectivity index (χ1v) is 5.67. The summed E-state index contributed by atoms with van der Waals surface area (Å²) in [5.41, 5.74) is 2.07. The van der Waals surface area contributed by atoms with E-state index in [-0.39, 0.29) is 19.0 Å². The Labute approximate surface area is 99.2 Å². The average molecular weight is 239 g/mol. The molecular weight excluding hydrogens is 224 g/mol. The fraction of sp³-hybridized carbons (Fsp3) is 0.462. The van der Waals surface area contributed by atoms with Crippen molar-refractivity contribution < 1.29 is 13.6 Å². The number of carbonyl (C=O) groups is 1. The van der Waals surface area contributed by atoms with E-state index < -0.39 is 12.3 Å². The van der Waals surface area contributed by atoms with Crippen molar-refractivity contribution in [2.24, 2.45) is 5.92 Å². The van der Waals surface area contributed by atoms with Gasteiger partial charge in [-0.3, -0.25) is 4.79 Å². The normalized spacial score (nSPS) is 16.1. The second kappa shape index (κ2) is 4.82. The number of rotatable bonds is 3. The van der Waals surface area contributed by atoms with Crippen molar-refractivity contribution >= 4 is 5.91 Å². The summed E-state index contributed by atoms with van der Waals surface area (Å²) in [4.78, 5) is 13.2. The third kappa shape index (κ3) is 2.81. The number of benzene rings is 1. The number of hydrogen-bond donors (Lipinski definition) is 0. The largest absolute Gasteiger partial charge is 0.341 e. The number of likely N-dealkylation sites (tertiary alicyclic amines) is 1. The van der Waals surface area contributed by atoms with Crippen molar-refractivity contribution in [2.45, 2.75) is 19.8 Å². The number of halogens is 2. The van der Waals surface area contributed by atoms with Gasteiger partial charge in [-0.2, -0.15) is 0 Å². The minimum absolute atomic E-state index is 0.0641. The van der Waals surface area contributed by atoms with Crippen molar-refractivity contribution in [2.75, 3.05) is 13.1 Å². The summed E-state index contributed by atoms with van der Waals surface area (Å²) >= 11 is 0. The quantitative estimate of drug-likeness (QED) is 0.792. The lowest BCUT2D eigenvalue weighted by molar-refractivity contribution is -0.140. The molecule has 1 amide bonds. The highest BCUT2D eigenvalue weighted by Crippen LogP contribution is 2.23. The highest BCUT2D eigenvalue weighted by atomic mass is 19.3. The second-order valence-corrected chi connectivity index (χ2v) is 4.56. The molecular formula is C13H15F2NO. The van der Waals surface area contributed by atoms with Gasteiger partial charge >= 0.3 is 0 Å². The lowest BCUT2D eigenvalue weighted by atomic mass is 9.99. The number of carbonyl (C=O) groups excluding carboxylic acids is 1. The maximum absolute atomic E-state index is 12.3. The van der Waals surface area contributed by atoms with Crippen molar-refractivity contribution in [1.29, 1.82) is 0 Å². The molecule has 0 N–H and O–H groups in total.